The number of carbonyl (C=O) groups excluding carboxylic acids is 1. The first-order valence-corrected chi connectivity index (χ1v) is 14.1. The van der Waals surface area contributed by atoms with Crippen LogP contribution in [0.3, 0.4) is 0 Å². The molecule has 6 nitrogen and oxygen atoms in total. The number of fused-ring (bicyclic) bond motifs is 1. The SMILES string of the molecule is CC(C)(CO[Si](C)(C)C(C)(C)C)n1cc(C(=O)c2cncc(Br)c2)c2cnc(Cl)nc21. The van der Waals surface area contributed by atoms with Gasteiger partial charge in [-0.05, 0) is 65.6 Å². The van der Waals surface area contributed by atoms with Crippen LogP contribution in [0.4, 0.5) is 0 Å². The lowest BCUT2D eigenvalue weighted by Crippen LogP contribution is -2.45. The smallest absolute Gasteiger partial charge is 0.224 e. The Morgan fingerprint density at radius 3 is 2.48 bits per heavy atom. The first-order valence-electron chi connectivity index (χ1n) is 10.1. The van der Waals surface area contributed by atoms with Crippen LogP contribution in [0.1, 0.15) is 50.5 Å². The molecule has 0 spiro atoms. The number of carbonyl (C=O) groups is 1. The molecule has 0 aliphatic carbocycles. The Morgan fingerprint density at radius 1 is 1.19 bits per heavy atom. The van der Waals surface area contributed by atoms with Crippen LogP contribution in [0.15, 0.2) is 35.3 Å². The summed E-state index contributed by atoms with van der Waals surface area (Å²) < 4.78 is 9.22. The Labute approximate surface area is 197 Å². The van der Waals surface area contributed by atoms with E-state index in [1.165, 1.54) is 0 Å². The average Bonchev–Trinajstić information content (AvgIpc) is 3.04. The molecule has 0 saturated carbocycles. The highest BCUT2D eigenvalue weighted by atomic mass is 79.9. The molecular formula is C22H28BrClN4O2Si. The van der Waals surface area contributed by atoms with Crippen molar-refractivity contribution in [3.05, 3.63) is 51.7 Å². The Kier molecular flexibility index (Phi) is 6.50. The molecule has 3 heterocycles. The van der Waals surface area contributed by atoms with Crippen molar-refractivity contribution < 1.29 is 9.22 Å². The van der Waals surface area contributed by atoms with Crippen molar-refractivity contribution >= 4 is 52.7 Å². The molecule has 3 rings (SSSR count). The topological polar surface area (TPSA) is 69.9 Å². The minimum atomic E-state index is -1.95. The molecule has 0 aromatic carbocycles. The lowest BCUT2D eigenvalue weighted by Gasteiger charge is -2.39. The number of ketones is 1. The molecule has 0 aliphatic heterocycles. The maximum atomic E-state index is 13.3. The van der Waals surface area contributed by atoms with E-state index in [1.54, 1.807) is 24.7 Å². The van der Waals surface area contributed by atoms with Gasteiger partial charge in [0.2, 0.25) is 5.28 Å². The van der Waals surface area contributed by atoms with Gasteiger partial charge >= 0.3 is 0 Å². The molecule has 0 bridgehead atoms. The van der Waals surface area contributed by atoms with Crippen molar-refractivity contribution in [2.24, 2.45) is 0 Å². The quantitative estimate of drug-likeness (QED) is 0.218. The van der Waals surface area contributed by atoms with Crippen LogP contribution in [-0.4, -0.2) is 40.2 Å². The molecule has 0 amide bonds. The molecule has 0 unspecified atom stereocenters. The molecule has 0 atom stereocenters. The average molecular weight is 524 g/mol. The fourth-order valence-corrected chi connectivity index (χ4v) is 4.60. The third-order valence-electron chi connectivity index (χ3n) is 5.97. The molecule has 3 aromatic rings. The van der Waals surface area contributed by atoms with E-state index in [0.717, 1.165) is 4.47 Å². The second kappa shape index (κ2) is 8.39. The van der Waals surface area contributed by atoms with Crippen molar-refractivity contribution in [2.75, 3.05) is 6.61 Å². The standard InChI is InChI=1S/C22H28BrClN4O2Si/c1-21(2,3)31(6,7)30-13-22(4,5)28-12-17(16-11-26-20(24)27-19(16)28)18(29)14-8-15(23)10-25-9-14/h8-12H,13H2,1-7H3. The first-order chi connectivity index (χ1) is 14.2. The van der Waals surface area contributed by atoms with Crippen molar-refractivity contribution in [3.63, 3.8) is 0 Å². The number of hydrogen-bond donors (Lipinski definition) is 0. The third-order valence-corrected chi connectivity index (χ3v) is 11.1. The Morgan fingerprint density at radius 2 is 1.87 bits per heavy atom. The highest BCUT2D eigenvalue weighted by Gasteiger charge is 2.39. The van der Waals surface area contributed by atoms with Gasteiger partial charge in [0.15, 0.2) is 14.1 Å². The lowest BCUT2D eigenvalue weighted by molar-refractivity contribution is 0.103. The molecule has 0 saturated heterocycles. The number of nitrogens with zero attached hydrogens (tertiary/aromatic N) is 4. The largest absolute Gasteiger partial charge is 0.414 e. The van der Waals surface area contributed by atoms with Gasteiger partial charge in [-0.2, -0.15) is 4.98 Å². The summed E-state index contributed by atoms with van der Waals surface area (Å²) in [5.74, 6) is -0.149. The van der Waals surface area contributed by atoms with E-state index >= 15 is 0 Å². The summed E-state index contributed by atoms with van der Waals surface area (Å²) in [7, 11) is -1.95. The Balaban J connectivity index is 2.06. The van der Waals surface area contributed by atoms with Gasteiger partial charge in [-0.25, -0.2) is 4.98 Å². The molecule has 166 valence electrons. The van der Waals surface area contributed by atoms with Crippen LogP contribution >= 0.6 is 27.5 Å². The van der Waals surface area contributed by atoms with E-state index in [9.17, 15) is 4.79 Å². The number of halogens is 2. The van der Waals surface area contributed by atoms with E-state index in [4.69, 9.17) is 16.0 Å². The van der Waals surface area contributed by atoms with E-state index < -0.39 is 13.9 Å². The maximum absolute atomic E-state index is 13.3. The zero-order valence-electron chi connectivity index (χ0n) is 19.0. The van der Waals surface area contributed by atoms with Crippen molar-refractivity contribution in [3.8, 4) is 0 Å². The maximum Gasteiger partial charge on any atom is 0.224 e. The normalized spacial score (nSPS) is 13.1. The van der Waals surface area contributed by atoms with Gasteiger partial charge < -0.3 is 8.99 Å². The zero-order valence-corrected chi connectivity index (χ0v) is 22.3. The molecule has 0 radical (unpaired) electrons. The monoisotopic (exact) mass is 522 g/mol. The lowest BCUT2D eigenvalue weighted by atomic mass is 10.1. The highest BCUT2D eigenvalue weighted by Crippen LogP contribution is 2.38. The molecule has 9 heteroatoms. The summed E-state index contributed by atoms with van der Waals surface area (Å²) in [6.45, 7) is 15.7. The minimum Gasteiger partial charge on any atom is -0.414 e. The van der Waals surface area contributed by atoms with Crippen LogP contribution in [0.5, 0.6) is 0 Å². The van der Waals surface area contributed by atoms with Gasteiger partial charge in [-0.3, -0.25) is 9.78 Å². The fourth-order valence-electron chi connectivity index (χ4n) is 2.96. The van der Waals surface area contributed by atoms with E-state index in [0.29, 0.717) is 28.8 Å². The van der Waals surface area contributed by atoms with Crippen molar-refractivity contribution in [1.29, 1.82) is 0 Å². The number of hydrogen-bond acceptors (Lipinski definition) is 5. The van der Waals surface area contributed by atoms with E-state index in [1.807, 2.05) is 10.8 Å². The van der Waals surface area contributed by atoms with Gasteiger partial charge in [0.1, 0.15) is 5.65 Å². The van der Waals surface area contributed by atoms with Crippen LogP contribution in [0.2, 0.25) is 23.4 Å². The van der Waals surface area contributed by atoms with Crippen molar-refractivity contribution in [2.45, 2.75) is 58.3 Å². The van der Waals surface area contributed by atoms with Crippen LogP contribution in [0, 0.1) is 0 Å². The molecular weight excluding hydrogens is 496 g/mol. The first kappa shape index (κ1) is 24.0. The van der Waals surface area contributed by atoms with E-state index in [2.05, 4.69) is 78.6 Å². The van der Waals surface area contributed by atoms with Crippen LogP contribution in [-0.2, 0) is 9.96 Å². The predicted molar refractivity (Wildman–Crippen MR) is 130 cm³/mol. The van der Waals surface area contributed by atoms with Gasteiger partial charge in [0.05, 0.1) is 17.7 Å². The zero-order chi connectivity index (χ0) is 23.2. The molecule has 0 fully saturated rings. The second-order valence-electron chi connectivity index (χ2n) is 9.87. The summed E-state index contributed by atoms with van der Waals surface area (Å²) >= 11 is 9.50. The molecule has 3 aromatic heterocycles. The van der Waals surface area contributed by atoms with Gasteiger partial charge in [0, 0.05) is 40.2 Å². The van der Waals surface area contributed by atoms with Crippen molar-refractivity contribution in [1.82, 2.24) is 19.5 Å². The number of rotatable bonds is 6. The number of pyridine rings is 1. The highest BCUT2D eigenvalue weighted by molar-refractivity contribution is 9.10. The fraction of sp³-hybridized carbons (Fsp3) is 0.455. The Hall–Kier alpha value is -1.61. The van der Waals surface area contributed by atoms with Gasteiger partial charge in [0.25, 0.3) is 0 Å². The van der Waals surface area contributed by atoms with Crippen LogP contribution in [0.25, 0.3) is 11.0 Å². The summed E-state index contributed by atoms with van der Waals surface area (Å²) in [4.78, 5) is 26.0. The molecule has 31 heavy (non-hydrogen) atoms. The number of aromatic nitrogens is 4. The Bertz CT molecular complexity index is 1140. The van der Waals surface area contributed by atoms with Gasteiger partial charge in [-0.1, -0.05) is 20.8 Å². The second-order valence-corrected chi connectivity index (χ2v) is 15.9. The van der Waals surface area contributed by atoms with E-state index in [-0.39, 0.29) is 16.1 Å². The summed E-state index contributed by atoms with van der Waals surface area (Å²) in [5, 5.41) is 0.883. The minimum absolute atomic E-state index is 0.0993. The molecule has 0 N–H and O–H groups in total. The summed E-state index contributed by atoms with van der Waals surface area (Å²) in [5.41, 5.74) is 1.14. The molecule has 0 aliphatic rings. The predicted octanol–water partition coefficient (Wildman–Crippen LogP) is 6.23. The summed E-state index contributed by atoms with van der Waals surface area (Å²) in [6, 6.07) is 1.75. The van der Waals surface area contributed by atoms with Gasteiger partial charge in [-0.15, -0.1) is 0 Å². The summed E-state index contributed by atoms with van der Waals surface area (Å²) in [6.07, 6.45) is 6.63. The van der Waals surface area contributed by atoms with Crippen LogP contribution < -0.4 is 0 Å². The third kappa shape index (κ3) is 4.92.